The monoisotopic (exact) mass is 268 g/mol. The standard InChI is InChI=1S/C12H20N4O3/c1-5-8(2)14-15-9(17)6-7-16-10(18)12(3,4)13-11(16)19/h5-7H2,1-4H3,(H,13,19)(H,15,17)/b14-8-. The molecule has 4 amide bonds. The number of urea groups is 1. The Labute approximate surface area is 112 Å². The van der Waals surface area contributed by atoms with Crippen LogP contribution in [-0.4, -0.2) is 40.5 Å². The van der Waals surface area contributed by atoms with Gasteiger partial charge in [0.2, 0.25) is 5.91 Å². The Morgan fingerprint density at radius 3 is 2.53 bits per heavy atom. The molecule has 0 aliphatic carbocycles. The fraction of sp³-hybridized carbons (Fsp3) is 0.667. The molecular weight excluding hydrogens is 248 g/mol. The van der Waals surface area contributed by atoms with Gasteiger partial charge in [0.05, 0.1) is 0 Å². The highest BCUT2D eigenvalue weighted by Gasteiger charge is 2.43. The van der Waals surface area contributed by atoms with E-state index in [0.717, 1.165) is 17.0 Å². The highest BCUT2D eigenvalue weighted by molar-refractivity contribution is 6.06. The van der Waals surface area contributed by atoms with Crippen LogP contribution in [0.1, 0.15) is 40.5 Å². The van der Waals surface area contributed by atoms with Crippen molar-refractivity contribution in [2.24, 2.45) is 5.10 Å². The van der Waals surface area contributed by atoms with Crippen molar-refractivity contribution in [2.45, 2.75) is 46.1 Å². The third-order valence-corrected chi connectivity index (χ3v) is 2.89. The number of nitrogens with zero attached hydrogens (tertiary/aromatic N) is 2. The molecule has 0 atom stereocenters. The van der Waals surface area contributed by atoms with Crippen LogP contribution in [0.4, 0.5) is 4.79 Å². The third kappa shape index (κ3) is 3.77. The van der Waals surface area contributed by atoms with Crippen molar-refractivity contribution in [3.63, 3.8) is 0 Å². The quantitative estimate of drug-likeness (QED) is 0.435. The topological polar surface area (TPSA) is 90.9 Å². The van der Waals surface area contributed by atoms with Crippen LogP contribution in [0.3, 0.4) is 0 Å². The lowest BCUT2D eigenvalue weighted by Crippen LogP contribution is -2.40. The Kier molecular flexibility index (Phi) is 4.63. The smallest absolute Gasteiger partial charge is 0.324 e. The molecule has 0 radical (unpaired) electrons. The maximum Gasteiger partial charge on any atom is 0.325 e. The SMILES string of the molecule is CC/C(C)=N\NC(=O)CCN1C(=O)NC(C)(C)C1=O. The van der Waals surface area contributed by atoms with Gasteiger partial charge in [0.25, 0.3) is 5.91 Å². The third-order valence-electron chi connectivity index (χ3n) is 2.89. The van der Waals surface area contributed by atoms with E-state index in [1.807, 2.05) is 6.92 Å². The summed E-state index contributed by atoms with van der Waals surface area (Å²) in [4.78, 5) is 36.0. The average Bonchev–Trinajstić information content (AvgIpc) is 2.53. The fourth-order valence-electron chi connectivity index (χ4n) is 1.53. The predicted octanol–water partition coefficient (Wildman–Crippen LogP) is 0.609. The van der Waals surface area contributed by atoms with E-state index < -0.39 is 11.6 Å². The van der Waals surface area contributed by atoms with E-state index in [4.69, 9.17) is 0 Å². The molecule has 0 aromatic rings. The van der Waals surface area contributed by atoms with Gasteiger partial charge in [-0.05, 0) is 27.2 Å². The number of rotatable bonds is 5. The maximum atomic E-state index is 11.8. The second-order valence-corrected chi connectivity index (χ2v) is 5.00. The first-order chi connectivity index (χ1) is 8.77. The molecule has 0 aromatic carbocycles. The van der Waals surface area contributed by atoms with Crippen LogP contribution in [-0.2, 0) is 9.59 Å². The van der Waals surface area contributed by atoms with Crippen molar-refractivity contribution in [3.05, 3.63) is 0 Å². The Bertz CT molecular complexity index is 429. The summed E-state index contributed by atoms with van der Waals surface area (Å²) in [7, 11) is 0. The summed E-state index contributed by atoms with van der Waals surface area (Å²) in [6.07, 6.45) is 0.789. The molecule has 1 heterocycles. The van der Waals surface area contributed by atoms with Crippen LogP contribution in [0.15, 0.2) is 5.10 Å². The number of nitrogens with one attached hydrogen (secondary N) is 2. The Morgan fingerprint density at radius 1 is 1.42 bits per heavy atom. The lowest BCUT2D eigenvalue weighted by molar-refractivity contribution is -0.130. The van der Waals surface area contributed by atoms with Crippen molar-refractivity contribution in [1.29, 1.82) is 0 Å². The van der Waals surface area contributed by atoms with Crippen LogP contribution < -0.4 is 10.7 Å². The normalized spacial score (nSPS) is 18.5. The molecule has 7 nitrogen and oxygen atoms in total. The Balaban J connectivity index is 2.47. The van der Waals surface area contributed by atoms with E-state index >= 15 is 0 Å². The molecule has 1 saturated heterocycles. The van der Waals surface area contributed by atoms with Gasteiger partial charge in [-0.3, -0.25) is 14.5 Å². The van der Waals surface area contributed by atoms with Gasteiger partial charge >= 0.3 is 6.03 Å². The number of carbonyl (C=O) groups excluding carboxylic acids is 3. The summed E-state index contributed by atoms with van der Waals surface area (Å²) in [6, 6.07) is -0.462. The van der Waals surface area contributed by atoms with E-state index in [1.54, 1.807) is 20.8 Å². The highest BCUT2D eigenvalue weighted by Crippen LogP contribution is 2.16. The Morgan fingerprint density at radius 2 is 2.05 bits per heavy atom. The number of hydrogen-bond acceptors (Lipinski definition) is 4. The molecular formula is C12H20N4O3. The summed E-state index contributed by atoms with van der Waals surface area (Å²) >= 11 is 0. The van der Waals surface area contributed by atoms with Gasteiger partial charge in [-0.15, -0.1) is 0 Å². The number of hydrogen-bond donors (Lipinski definition) is 2. The molecule has 1 rings (SSSR count). The molecule has 2 N–H and O–H groups in total. The molecule has 1 aliphatic rings. The second kappa shape index (κ2) is 5.81. The van der Waals surface area contributed by atoms with Crippen LogP contribution in [0.2, 0.25) is 0 Å². The van der Waals surface area contributed by atoms with Gasteiger partial charge < -0.3 is 5.32 Å². The molecule has 0 spiro atoms. The predicted molar refractivity (Wildman–Crippen MR) is 70.5 cm³/mol. The molecule has 1 fully saturated rings. The van der Waals surface area contributed by atoms with Gasteiger partial charge in [0.1, 0.15) is 5.54 Å². The summed E-state index contributed by atoms with van der Waals surface area (Å²) in [5.74, 6) is -0.642. The fourth-order valence-corrected chi connectivity index (χ4v) is 1.53. The molecule has 0 saturated carbocycles. The molecule has 19 heavy (non-hydrogen) atoms. The highest BCUT2D eigenvalue weighted by atomic mass is 16.2. The van der Waals surface area contributed by atoms with E-state index in [9.17, 15) is 14.4 Å². The van der Waals surface area contributed by atoms with Crippen molar-refractivity contribution >= 4 is 23.6 Å². The van der Waals surface area contributed by atoms with Gasteiger partial charge in [0, 0.05) is 18.7 Å². The Hall–Kier alpha value is -1.92. The van der Waals surface area contributed by atoms with Crippen LogP contribution in [0.5, 0.6) is 0 Å². The summed E-state index contributed by atoms with van der Waals surface area (Å²) in [6.45, 7) is 7.05. The zero-order valence-electron chi connectivity index (χ0n) is 11.7. The minimum Gasteiger partial charge on any atom is -0.324 e. The number of imide groups is 1. The minimum absolute atomic E-state index is 0.0374. The first-order valence-corrected chi connectivity index (χ1v) is 6.24. The number of hydrazone groups is 1. The number of carbonyl (C=O) groups is 3. The first-order valence-electron chi connectivity index (χ1n) is 6.24. The second-order valence-electron chi connectivity index (χ2n) is 5.00. The molecule has 0 bridgehead atoms. The van der Waals surface area contributed by atoms with Crippen molar-refractivity contribution in [3.8, 4) is 0 Å². The zero-order chi connectivity index (χ0) is 14.6. The van der Waals surface area contributed by atoms with Crippen LogP contribution in [0.25, 0.3) is 0 Å². The summed E-state index contributed by atoms with van der Waals surface area (Å²) in [5, 5.41) is 6.42. The largest absolute Gasteiger partial charge is 0.325 e. The molecule has 0 unspecified atom stereocenters. The zero-order valence-corrected chi connectivity index (χ0v) is 11.7. The number of amides is 4. The molecule has 7 heteroatoms. The van der Waals surface area contributed by atoms with Gasteiger partial charge in [0.15, 0.2) is 0 Å². The molecule has 0 aromatic heterocycles. The molecule has 106 valence electrons. The van der Waals surface area contributed by atoms with Crippen molar-refractivity contribution in [2.75, 3.05) is 6.54 Å². The molecule has 1 aliphatic heterocycles. The van der Waals surface area contributed by atoms with Crippen LogP contribution in [0, 0.1) is 0 Å². The summed E-state index contributed by atoms with van der Waals surface area (Å²) < 4.78 is 0. The minimum atomic E-state index is -0.898. The van der Waals surface area contributed by atoms with E-state index in [-0.39, 0.29) is 24.8 Å². The lowest BCUT2D eigenvalue weighted by atomic mass is 10.1. The van der Waals surface area contributed by atoms with E-state index in [2.05, 4.69) is 15.8 Å². The van der Waals surface area contributed by atoms with E-state index in [0.29, 0.717) is 0 Å². The first kappa shape index (κ1) is 15.1. The van der Waals surface area contributed by atoms with E-state index in [1.165, 1.54) is 0 Å². The maximum absolute atomic E-state index is 11.8. The average molecular weight is 268 g/mol. The summed E-state index contributed by atoms with van der Waals surface area (Å²) in [5.41, 5.74) is 2.30. The lowest BCUT2D eigenvalue weighted by Gasteiger charge is -2.15. The van der Waals surface area contributed by atoms with Crippen molar-refractivity contribution < 1.29 is 14.4 Å². The van der Waals surface area contributed by atoms with Gasteiger partial charge in [-0.25, -0.2) is 10.2 Å². The van der Waals surface area contributed by atoms with Crippen molar-refractivity contribution in [1.82, 2.24) is 15.6 Å². The van der Waals surface area contributed by atoms with Gasteiger partial charge in [-0.2, -0.15) is 5.10 Å². The van der Waals surface area contributed by atoms with Gasteiger partial charge in [-0.1, -0.05) is 6.92 Å². The van der Waals surface area contributed by atoms with Crippen LogP contribution >= 0.6 is 0 Å².